The number of rotatable bonds is 4. The second-order valence-electron chi connectivity index (χ2n) is 4.38. The maximum Gasteiger partial charge on any atom is 0.140 e. The number of aryl methyl sites for hydroxylation is 2. The Kier molecular flexibility index (Phi) is 3.86. The molecule has 1 heterocycles. The van der Waals surface area contributed by atoms with Crippen molar-refractivity contribution in [3.8, 4) is 23.2 Å². The van der Waals surface area contributed by atoms with Gasteiger partial charge in [-0.05, 0) is 30.2 Å². The average molecular weight is 255 g/mol. The maximum absolute atomic E-state index is 8.73. The molecule has 0 bridgehead atoms. The number of nitriles is 1. The van der Waals surface area contributed by atoms with Gasteiger partial charge in [0.25, 0.3) is 0 Å². The molecule has 1 aromatic heterocycles. The Hall–Kier alpha value is -2.28. The molecule has 98 valence electrons. The largest absolute Gasteiger partial charge is 0.496 e. The summed E-state index contributed by atoms with van der Waals surface area (Å²) in [7, 11) is 3.62. The minimum atomic E-state index is 0.338. The minimum Gasteiger partial charge on any atom is -0.496 e. The van der Waals surface area contributed by atoms with E-state index in [0.29, 0.717) is 6.42 Å². The van der Waals surface area contributed by atoms with Crippen LogP contribution in [-0.2, 0) is 19.9 Å². The maximum atomic E-state index is 8.73. The van der Waals surface area contributed by atoms with Crippen LogP contribution in [0.3, 0.4) is 0 Å². The number of benzene rings is 1. The van der Waals surface area contributed by atoms with E-state index >= 15 is 0 Å². The summed E-state index contributed by atoms with van der Waals surface area (Å²) < 4.78 is 7.28. The first kappa shape index (κ1) is 13.2. The van der Waals surface area contributed by atoms with E-state index < -0.39 is 0 Å². The molecule has 0 radical (unpaired) electrons. The second kappa shape index (κ2) is 5.57. The highest BCUT2D eigenvalue weighted by atomic mass is 16.5. The van der Waals surface area contributed by atoms with Gasteiger partial charge in [-0.25, -0.2) is 4.98 Å². The van der Waals surface area contributed by atoms with E-state index in [-0.39, 0.29) is 0 Å². The lowest BCUT2D eigenvalue weighted by molar-refractivity contribution is 0.410. The molecule has 2 aromatic rings. The summed E-state index contributed by atoms with van der Waals surface area (Å²) in [5, 5.41) is 8.73. The highest BCUT2D eigenvalue weighted by Crippen LogP contribution is 2.26. The van der Waals surface area contributed by atoms with Gasteiger partial charge in [-0.15, -0.1) is 0 Å². The van der Waals surface area contributed by atoms with E-state index in [2.05, 4.69) is 24.0 Å². The number of hydrogen-bond donors (Lipinski definition) is 0. The second-order valence-corrected chi connectivity index (χ2v) is 4.38. The molecule has 0 spiro atoms. The van der Waals surface area contributed by atoms with E-state index in [1.54, 1.807) is 7.11 Å². The van der Waals surface area contributed by atoms with Crippen LogP contribution in [0.15, 0.2) is 24.4 Å². The Morgan fingerprint density at radius 3 is 2.84 bits per heavy atom. The Balaban J connectivity index is 2.44. The number of methoxy groups -OCH3 is 1. The number of imidazole rings is 1. The Labute approximate surface area is 113 Å². The van der Waals surface area contributed by atoms with Crippen molar-refractivity contribution in [3.63, 3.8) is 0 Å². The quantitative estimate of drug-likeness (QED) is 0.844. The zero-order valence-electron chi connectivity index (χ0n) is 11.5. The molecule has 0 aliphatic heterocycles. The van der Waals surface area contributed by atoms with Crippen LogP contribution in [0.5, 0.6) is 5.75 Å². The molecule has 0 aliphatic rings. The third-order valence-electron chi connectivity index (χ3n) is 3.11. The Morgan fingerprint density at radius 1 is 1.42 bits per heavy atom. The lowest BCUT2D eigenvalue weighted by atomic mass is 10.1. The Bertz CT molecular complexity index is 623. The van der Waals surface area contributed by atoms with Crippen molar-refractivity contribution in [1.29, 1.82) is 5.26 Å². The van der Waals surface area contributed by atoms with Crippen LogP contribution in [0.25, 0.3) is 11.4 Å². The molecule has 0 atom stereocenters. The zero-order valence-corrected chi connectivity index (χ0v) is 11.5. The first-order valence-corrected chi connectivity index (χ1v) is 6.26. The molecule has 1 aromatic carbocycles. The predicted octanol–water partition coefficient (Wildman–Crippen LogP) is 2.72. The van der Waals surface area contributed by atoms with Crippen LogP contribution < -0.4 is 4.74 Å². The number of aromatic nitrogens is 2. The normalized spacial score (nSPS) is 10.2. The highest BCUT2D eigenvalue weighted by molar-refractivity contribution is 5.60. The smallest absolute Gasteiger partial charge is 0.140 e. The molecular formula is C15H17N3O. The zero-order chi connectivity index (χ0) is 13.8. The van der Waals surface area contributed by atoms with Gasteiger partial charge in [-0.1, -0.05) is 6.92 Å². The molecule has 0 amide bonds. The van der Waals surface area contributed by atoms with Gasteiger partial charge in [0.05, 0.1) is 25.3 Å². The van der Waals surface area contributed by atoms with Gasteiger partial charge in [0.2, 0.25) is 0 Å². The molecule has 4 nitrogen and oxygen atoms in total. The molecule has 0 saturated heterocycles. The van der Waals surface area contributed by atoms with Gasteiger partial charge in [0.15, 0.2) is 0 Å². The first-order chi connectivity index (χ1) is 9.19. The molecule has 0 N–H and O–H groups in total. The third kappa shape index (κ3) is 2.60. The van der Waals surface area contributed by atoms with Gasteiger partial charge < -0.3 is 9.30 Å². The molecule has 19 heavy (non-hydrogen) atoms. The number of hydrogen-bond acceptors (Lipinski definition) is 3. The summed E-state index contributed by atoms with van der Waals surface area (Å²) in [6.07, 6.45) is 3.14. The molecule has 0 fully saturated rings. The fraction of sp³-hybridized carbons (Fsp3) is 0.333. The summed E-state index contributed by atoms with van der Waals surface area (Å²) in [5.74, 6) is 1.78. The van der Waals surface area contributed by atoms with E-state index in [1.807, 2.05) is 29.9 Å². The molecular weight excluding hydrogens is 238 g/mol. The van der Waals surface area contributed by atoms with Crippen LogP contribution in [0, 0.1) is 11.3 Å². The molecule has 0 saturated carbocycles. The van der Waals surface area contributed by atoms with Gasteiger partial charge >= 0.3 is 0 Å². The van der Waals surface area contributed by atoms with Crippen molar-refractivity contribution in [2.24, 2.45) is 7.05 Å². The Morgan fingerprint density at radius 2 is 2.21 bits per heavy atom. The molecule has 4 heteroatoms. The van der Waals surface area contributed by atoms with Crippen molar-refractivity contribution in [2.45, 2.75) is 19.8 Å². The lowest BCUT2D eigenvalue weighted by Gasteiger charge is -2.09. The fourth-order valence-electron chi connectivity index (χ4n) is 2.16. The van der Waals surface area contributed by atoms with E-state index in [4.69, 9.17) is 10.00 Å². The van der Waals surface area contributed by atoms with Gasteiger partial charge in [0, 0.05) is 18.8 Å². The van der Waals surface area contributed by atoms with Gasteiger partial charge in [-0.3, -0.25) is 0 Å². The topological polar surface area (TPSA) is 50.8 Å². The van der Waals surface area contributed by atoms with Crippen LogP contribution >= 0.6 is 0 Å². The van der Waals surface area contributed by atoms with Crippen LogP contribution in [0.4, 0.5) is 0 Å². The van der Waals surface area contributed by atoms with Crippen LogP contribution in [-0.4, -0.2) is 16.7 Å². The summed E-state index contributed by atoms with van der Waals surface area (Å²) in [5.41, 5.74) is 3.00. The SMILES string of the molecule is CCc1cc(-c2nc(CC#N)cn2C)ccc1OC. The first-order valence-electron chi connectivity index (χ1n) is 6.26. The average Bonchev–Trinajstić information content (AvgIpc) is 2.79. The number of nitrogens with zero attached hydrogens (tertiary/aromatic N) is 3. The summed E-state index contributed by atoms with van der Waals surface area (Å²) in [4.78, 5) is 4.50. The molecule has 0 unspecified atom stereocenters. The van der Waals surface area contributed by atoms with Gasteiger partial charge in [0.1, 0.15) is 11.6 Å². The lowest BCUT2D eigenvalue weighted by Crippen LogP contribution is -1.95. The van der Waals surface area contributed by atoms with E-state index in [1.165, 1.54) is 0 Å². The van der Waals surface area contributed by atoms with Crippen molar-refractivity contribution >= 4 is 0 Å². The van der Waals surface area contributed by atoms with Crippen molar-refractivity contribution < 1.29 is 4.74 Å². The molecule has 2 rings (SSSR count). The van der Waals surface area contributed by atoms with E-state index in [9.17, 15) is 0 Å². The van der Waals surface area contributed by atoms with Crippen molar-refractivity contribution in [2.75, 3.05) is 7.11 Å². The highest BCUT2D eigenvalue weighted by Gasteiger charge is 2.10. The van der Waals surface area contributed by atoms with Crippen LogP contribution in [0.2, 0.25) is 0 Å². The number of ether oxygens (including phenoxy) is 1. The van der Waals surface area contributed by atoms with E-state index in [0.717, 1.165) is 34.8 Å². The summed E-state index contributed by atoms with van der Waals surface area (Å²) in [6, 6.07) is 8.18. The third-order valence-corrected chi connectivity index (χ3v) is 3.11. The molecule has 0 aliphatic carbocycles. The fourth-order valence-corrected chi connectivity index (χ4v) is 2.16. The predicted molar refractivity (Wildman–Crippen MR) is 73.9 cm³/mol. The van der Waals surface area contributed by atoms with Crippen LogP contribution in [0.1, 0.15) is 18.2 Å². The van der Waals surface area contributed by atoms with Crippen molar-refractivity contribution in [1.82, 2.24) is 9.55 Å². The van der Waals surface area contributed by atoms with Gasteiger partial charge in [-0.2, -0.15) is 5.26 Å². The standard InChI is InChI=1S/C15H17N3O/c1-4-11-9-12(5-6-14(11)19-3)15-17-13(7-8-16)10-18(15)2/h5-6,9-10H,4,7H2,1-3H3. The van der Waals surface area contributed by atoms with Crippen molar-refractivity contribution in [3.05, 3.63) is 35.7 Å². The monoisotopic (exact) mass is 255 g/mol. The summed E-state index contributed by atoms with van der Waals surface area (Å²) >= 11 is 0. The summed E-state index contributed by atoms with van der Waals surface area (Å²) in [6.45, 7) is 2.10. The minimum absolute atomic E-state index is 0.338.